The molecule has 0 atom stereocenters. The minimum atomic E-state index is -0.114. The molecular weight excluding hydrogens is 414 g/mol. The largest absolute Gasteiger partial charge is 0.416 e. The molecule has 2 N–H and O–H groups in total. The van der Waals surface area contributed by atoms with Gasteiger partial charge in [-0.2, -0.15) is 0 Å². The highest BCUT2D eigenvalue weighted by atomic mass is 16.4. The summed E-state index contributed by atoms with van der Waals surface area (Å²) in [5.74, 6) is 1.72. The highest BCUT2D eigenvalue weighted by Gasteiger charge is 2.13. The Labute approximate surface area is 190 Å². The monoisotopic (exact) mass is 437 g/mol. The van der Waals surface area contributed by atoms with Crippen molar-refractivity contribution >= 4 is 16.9 Å². The number of benzene rings is 3. The summed E-state index contributed by atoms with van der Waals surface area (Å²) in [7, 11) is 0. The first-order valence-corrected chi connectivity index (χ1v) is 10.9. The van der Waals surface area contributed by atoms with Crippen LogP contribution in [0.1, 0.15) is 28.2 Å². The van der Waals surface area contributed by atoms with Gasteiger partial charge in [0.15, 0.2) is 0 Å². The van der Waals surface area contributed by atoms with Crippen LogP contribution in [0.3, 0.4) is 0 Å². The molecule has 2 aromatic heterocycles. The number of hydrogen-bond acceptors (Lipinski definition) is 5. The molecule has 5 aromatic rings. The molecule has 0 aliphatic heterocycles. The van der Waals surface area contributed by atoms with Crippen LogP contribution < -0.4 is 5.32 Å². The Hall–Kier alpha value is -4.26. The molecule has 164 valence electrons. The van der Waals surface area contributed by atoms with Crippen LogP contribution in [-0.2, 0) is 6.42 Å². The number of aryl methyl sites for hydroxylation is 2. The smallest absolute Gasteiger partial charge is 0.251 e. The third-order valence-corrected chi connectivity index (χ3v) is 5.51. The minimum absolute atomic E-state index is 0.114. The molecule has 0 aliphatic rings. The second-order valence-corrected chi connectivity index (χ2v) is 7.86. The Balaban J connectivity index is 1.16. The van der Waals surface area contributed by atoms with E-state index in [4.69, 9.17) is 4.42 Å². The number of rotatable bonds is 7. The van der Waals surface area contributed by atoms with Crippen LogP contribution in [0.15, 0.2) is 77.2 Å². The molecule has 2 heterocycles. The second kappa shape index (κ2) is 9.08. The number of hydrogen-bond donors (Lipinski definition) is 2. The van der Waals surface area contributed by atoms with E-state index in [1.165, 1.54) is 0 Å². The number of amides is 1. The molecule has 7 nitrogen and oxygen atoms in total. The third-order valence-electron chi connectivity index (χ3n) is 5.51. The predicted molar refractivity (Wildman–Crippen MR) is 127 cm³/mol. The first kappa shape index (κ1) is 20.6. The summed E-state index contributed by atoms with van der Waals surface area (Å²) in [4.78, 5) is 20.4. The number of carbonyl (C=O) groups excluding carboxylic acids is 1. The number of aromatic nitrogens is 4. The zero-order valence-electron chi connectivity index (χ0n) is 18.2. The lowest BCUT2D eigenvalue weighted by Gasteiger charge is -2.05. The van der Waals surface area contributed by atoms with Gasteiger partial charge in [0.2, 0.25) is 11.8 Å². The SMILES string of the molecule is Cc1ccccc1-c1nnc(-c2ccc(C(=O)NCCCc3nc4ccccc4[nH]3)cc2)o1. The number of nitrogens with zero attached hydrogens (tertiary/aromatic N) is 3. The summed E-state index contributed by atoms with van der Waals surface area (Å²) < 4.78 is 5.85. The molecule has 0 bridgehead atoms. The topological polar surface area (TPSA) is 96.7 Å². The molecule has 0 radical (unpaired) electrons. The van der Waals surface area contributed by atoms with Gasteiger partial charge in [-0.15, -0.1) is 10.2 Å². The van der Waals surface area contributed by atoms with Crippen molar-refractivity contribution in [2.75, 3.05) is 6.54 Å². The Morgan fingerprint density at radius 1 is 0.939 bits per heavy atom. The Morgan fingerprint density at radius 3 is 2.52 bits per heavy atom. The van der Waals surface area contributed by atoms with Crippen LogP contribution >= 0.6 is 0 Å². The van der Waals surface area contributed by atoms with Gasteiger partial charge in [0.25, 0.3) is 5.91 Å². The lowest BCUT2D eigenvalue weighted by Crippen LogP contribution is -2.24. The van der Waals surface area contributed by atoms with Gasteiger partial charge < -0.3 is 14.7 Å². The quantitative estimate of drug-likeness (QED) is 0.351. The summed E-state index contributed by atoms with van der Waals surface area (Å²) in [6.45, 7) is 2.57. The van der Waals surface area contributed by atoms with Crippen LogP contribution in [0.5, 0.6) is 0 Å². The number of fused-ring (bicyclic) bond motifs is 1. The standard InChI is InChI=1S/C26H23N5O2/c1-17-7-2-3-8-20(17)26-31-30-25(33-26)19-14-12-18(13-15-19)24(32)27-16-6-11-23-28-21-9-4-5-10-22(21)29-23/h2-5,7-10,12-15H,6,11,16H2,1H3,(H,27,32)(H,28,29). The fraction of sp³-hybridized carbons (Fsp3) is 0.154. The van der Waals surface area contributed by atoms with Crippen molar-refractivity contribution in [3.8, 4) is 22.9 Å². The molecule has 0 unspecified atom stereocenters. The zero-order chi connectivity index (χ0) is 22.6. The van der Waals surface area contributed by atoms with Crippen LogP contribution in [-0.4, -0.2) is 32.6 Å². The van der Waals surface area contributed by atoms with Crippen molar-refractivity contribution < 1.29 is 9.21 Å². The summed E-state index contributed by atoms with van der Waals surface area (Å²) in [5, 5.41) is 11.3. The van der Waals surface area contributed by atoms with Gasteiger partial charge in [-0.25, -0.2) is 4.98 Å². The number of H-pyrrole nitrogens is 1. The molecule has 0 saturated heterocycles. The average Bonchev–Trinajstić information content (AvgIpc) is 3.49. The van der Waals surface area contributed by atoms with Crippen molar-refractivity contribution in [2.24, 2.45) is 0 Å². The van der Waals surface area contributed by atoms with Crippen LogP contribution in [0.2, 0.25) is 0 Å². The van der Waals surface area contributed by atoms with Crippen molar-refractivity contribution in [3.63, 3.8) is 0 Å². The van der Waals surface area contributed by atoms with E-state index in [2.05, 4.69) is 25.5 Å². The number of para-hydroxylation sites is 2. The van der Waals surface area contributed by atoms with Crippen molar-refractivity contribution in [2.45, 2.75) is 19.8 Å². The number of nitrogens with one attached hydrogen (secondary N) is 2. The van der Waals surface area contributed by atoms with Crippen LogP contribution in [0, 0.1) is 6.92 Å². The maximum Gasteiger partial charge on any atom is 0.251 e. The summed E-state index contributed by atoms with van der Waals surface area (Å²) in [6, 6.07) is 23.0. The van der Waals surface area contributed by atoms with Crippen molar-refractivity contribution in [3.05, 3.63) is 89.7 Å². The number of carbonyl (C=O) groups is 1. The summed E-state index contributed by atoms with van der Waals surface area (Å²) in [6.07, 6.45) is 1.57. The van der Waals surface area contributed by atoms with E-state index >= 15 is 0 Å². The fourth-order valence-electron chi connectivity index (χ4n) is 3.71. The Bertz CT molecular complexity index is 1370. The van der Waals surface area contributed by atoms with Gasteiger partial charge in [-0.3, -0.25) is 4.79 Å². The van der Waals surface area contributed by atoms with Gasteiger partial charge in [0.1, 0.15) is 5.82 Å². The van der Waals surface area contributed by atoms with Gasteiger partial charge >= 0.3 is 0 Å². The molecule has 1 amide bonds. The molecule has 0 fully saturated rings. The van der Waals surface area contributed by atoms with Crippen molar-refractivity contribution in [1.29, 1.82) is 0 Å². The predicted octanol–water partition coefficient (Wildman–Crippen LogP) is 4.95. The molecule has 7 heteroatoms. The van der Waals surface area contributed by atoms with E-state index in [-0.39, 0.29) is 5.91 Å². The average molecular weight is 438 g/mol. The van der Waals surface area contributed by atoms with Gasteiger partial charge in [0, 0.05) is 29.7 Å². The maximum atomic E-state index is 12.5. The van der Waals surface area contributed by atoms with Crippen molar-refractivity contribution in [1.82, 2.24) is 25.5 Å². The first-order chi connectivity index (χ1) is 16.2. The fourth-order valence-corrected chi connectivity index (χ4v) is 3.71. The van der Waals surface area contributed by atoms with E-state index in [1.807, 2.05) is 67.6 Å². The first-order valence-electron chi connectivity index (χ1n) is 10.9. The van der Waals surface area contributed by atoms with Crippen LogP contribution in [0.4, 0.5) is 0 Å². The lowest BCUT2D eigenvalue weighted by molar-refractivity contribution is 0.0953. The van der Waals surface area contributed by atoms with Gasteiger partial charge in [0.05, 0.1) is 11.0 Å². The molecule has 3 aromatic carbocycles. The summed E-state index contributed by atoms with van der Waals surface area (Å²) in [5.41, 5.74) is 5.33. The van der Waals surface area contributed by atoms with E-state index in [1.54, 1.807) is 12.1 Å². The normalized spacial score (nSPS) is 11.1. The second-order valence-electron chi connectivity index (χ2n) is 7.86. The number of aromatic amines is 1. The van der Waals surface area contributed by atoms with E-state index in [9.17, 15) is 4.79 Å². The minimum Gasteiger partial charge on any atom is -0.416 e. The number of imidazole rings is 1. The Morgan fingerprint density at radius 2 is 1.70 bits per heavy atom. The Kier molecular flexibility index (Phi) is 5.68. The molecule has 5 rings (SSSR count). The van der Waals surface area contributed by atoms with Gasteiger partial charge in [-0.05, 0) is 61.4 Å². The highest BCUT2D eigenvalue weighted by Crippen LogP contribution is 2.26. The molecule has 0 spiro atoms. The molecule has 33 heavy (non-hydrogen) atoms. The molecule has 0 saturated carbocycles. The third kappa shape index (κ3) is 4.52. The van der Waals surface area contributed by atoms with E-state index in [0.29, 0.717) is 23.9 Å². The van der Waals surface area contributed by atoms with Crippen LogP contribution in [0.25, 0.3) is 33.9 Å². The maximum absolute atomic E-state index is 12.5. The lowest BCUT2D eigenvalue weighted by atomic mass is 10.1. The summed E-state index contributed by atoms with van der Waals surface area (Å²) >= 11 is 0. The molecular formula is C26H23N5O2. The van der Waals surface area contributed by atoms with E-state index in [0.717, 1.165) is 46.4 Å². The van der Waals surface area contributed by atoms with Gasteiger partial charge in [-0.1, -0.05) is 30.3 Å². The molecule has 0 aliphatic carbocycles. The zero-order valence-corrected chi connectivity index (χ0v) is 18.2. The van der Waals surface area contributed by atoms with E-state index < -0.39 is 0 Å². The highest BCUT2D eigenvalue weighted by molar-refractivity contribution is 5.94.